The normalized spacial score (nSPS) is 23.8. The Bertz CT molecular complexity index is 320. The fourth-order valence-corrected chi connectivity index (χ4v) is 1.96. The summed E-state index contributed by atoms with van der Waals surface area (Å²) >= 11 is 0. The van der Waals surface area contributed by atoms with Crippen LogP contribution in [0.4, 0.5) is 0 Å². The van der Waals surface area contributed by atoms with Gasteiger partial charge in [-0.3, -0.25) is 4.79 Å². The van der Waals surface area contributed by atoms with E-state index in [2.05, 4.69) is 11.9 Å². The van der Waals surface area contributed by atoms with E-state index in [4.69, 9.17) is 0 Å². The number of hydrogen-bond donors (Lipinski definition) is 0. The number of benzene rings is 1. The first-order chi connectivity index (χ1) is 6.77. The van der Waals surface area contributed by atoms with Crippen LogP contribution in [0.3, 0.4) is 0 Å². The largest absolute Gasteiger partial charge is 0.305 e. The Labute approximate surface area is 84.5 Å². The zero-order valence-corrected chi connectivity index (χ0v) is 8.44. The minimum absolute atomic E-state index is 0.0925. The molecule has 0 N–H and O–H groups in total. The van der Waals surface area contributed by atoms with Gasteiger partial charge >= 0.3 is 0 Å². The summed E-state index contributed by atoms with van der Waals surface area (Å²) in [6, 6.07) is 10.1. The third kappa shape index (κ3) is 1.85. The first-order valence-electron chi connectivity index (χ1n) is 5.03. The van der Waals surface area contributed by atoms with E-state index in [1.807, 2.05) is 30.3 Å². The lowest BCUT2D eigenvalue weighted by Crippen LogP contribution is -2.36. The Kier molecular flexibility index (Phi) is 2.64. The molecule has 0 saturated carbocycles. The molecule has 1 fully saturated rings. The highest BCUT2D eigenvalue weighted by Gasteiger charge is 2.26. The number of likely N-dealkylation sites (N-methyl/N-ethyl adjacent to an activating group) is 1. The summed E-state index contributed by atoms with van der Waals surface area (Å²) in [4.78, 5) is 13.9. The molecule has 2 heteroatoms. The van der Waals surface area contributed by atoms with Crippen LogP contribution < -0.4 is 0 Å². The number of carbonyl (C=O) groups is 1. The second-order valence-electron chi connectivity index (χ2n) is 3.94. The van der Waals surface area contributed by atoms with Crippen LogP contribution in [0.1, 0.15) is 17.9 Å². The summed E-state index contributed by atoms with van der Waals surface area (Å²) in [6.45, 7) is 1.77. The number of Topliss-reactive ketones (excluding diaryl/α,β-unsaturated/α-hetero) is 1. The molecule has 0 spiro atoms. The van der Waals surface area contributed by atoms with E-state index < -0.39 is 0 Å². The lowest BCUT2D eigenvalue weighted by Gasteiger charge is -2.28. The molecule has 0 aliphatic carbocycles. The molecule has 0 amide bonds. The maximum absolute atomic E-state index is 11.7. The number of carbonyl (C=O) groups excluding carboxylic acids is 1. The molecule has 1 aliphatic rings. The van der Waals surface area contributed by atoms with Gasteiger partial charge in [0.05, 0.1) is 5.92 Å². The quantitative estimate of drug-likeness (QED) is 0.670. The van der Waals surface area contributed by atoms with Gasteiger partial charge in [-0.15, -0.1) is 0 Å². The van der Waals surface area contributed by atoms with Gasteiger partial charge in [-0.1, -0.05) is 30.3 Å². The molecular weight excluding hydrogens is 174 g/mol. The van der Waals surface area contributed by atoms with Crippen LogP contribution in [-0.4, -0.2) is 30.8 Å². The topological polar surface area (TPSA) is 20.3 Å². The van der Waals surface area contributed by atoms with E-state index in [1.165, 1.54) is 0 Å². The van der Waals surface area contributed by atoms with Crippen LogP contribution in [-0.2, 0) is 4.79 Å². The van der Waals surface area contributed by atoms with Crippen LogP contribution >= 0.6 is 0 Å². The van der Waals surface area contributed by atoms with Gasteiger partial charge in [-0.2, -0.15) is 0 Å². The standard InChI is InChI=1S/C12H15NO/c1-13-8-7-12(14)11(9-13)10-5-3-2-4-6-10/h2-6,11H,7-9H2,1H3. The first kappa shape index (κ1) is 9.41. The fourth-order valence-electron chi connectivity index (χ4n) is 1.96. The van der Waals surface area contributed by atoms with E-state index in [9.17, 15) is 4.79 Å². The van der Waals surface area contributed by atoms with Crippen LogP contribution in [0.25, 0.3) is 0 Å². The summed E-state index contributed by atoms with van der Waals surface area (Å²) in [6.07, 6.45) is 0.691. The van der Waals surface area contributed by atoms with Crippen molar-refractivity contribution in [1.82, 2.24) is 4.90 Å². The highest BCUT2D eigenvalue weighted by Crippen LogP contribution is 2.22. The Morgan fingerprint density at radius 2 is 2.00 bits per heavy atom. The Hall–Kier alpha value is -1.15. The van der Waals surface area contributed by atoms with Crippen LogP contribution in [0.15, 0.2) is 30.3 Å². The molecule has 0 bridgehead atoms. The van der Waals surface area contributed by atoms with Crippen LogP contribution in [0.2, 0.25) is 0 Å². The van der Waals surface area contributed by atoms with Crippen molar-refractivity contribution in [2.75, 3.05) is 20.1 Å². The number of rotatable bonds is 1. The average Bonchev–Trinajstić information content (AvgIpc) is 2.23. The number of likely N-dealkylation sites (tertiary alicyclic amines) is 1. The lowest BCUT2D eigenvalue weighted by molar-refractivity contribution is -0.123. The number of ketones is 1. The predicted molar refractivity (Wildman–Crippen MR) is 56.3 cm³/mol. The first-order valence-corrected chi connectivity index (χ1v) is 5.03. The van der Waals surface area contributed by atoms with Gasteiger partial charge in [0.1, 0.15) is 5.78 Å². The van der Waals surface area contributed by atoms with Crippen molar-refractivity contribution in [3.05, 3.63) is 35.9 Å². The van der Waals surface area contributed by atoms with E-state index in [1.54, 1.807) is 0 Å². The van der Waals surface area contributed by atoms with Crippen molar-refractivity contribution in [1.29, 1.82) is 0 Å². The monoisotopic (exact) mass is 189 g/mol. The molecule has 1 aliphatic heterocycles. The van der Waals surface area contributed by atoms with Gasteiger partial charge in [0.15, 0.2) is 0 Å². The molecule has 1 saturated heterocycles. The van der Waals surface area contributed by atoms with Crippen molar-refractivity contribution >= 4 is 5.78 Å². The van der Waals surface area contributed by atoms with Crippen molar-refractivity contribution in [3.8, 4) is 0 Å². The molecule has 14 heavy (non-hydrogen) atoms. The SMILES string of the molecule is CN1CCC(=O)C(c2ccccc2)C1. The van der Waals surface area contributed by atoms with Crippen LogP contribution in [0.5, 0.6) is 0 Å². The average molecular weight is 189 g/mol. The number of piperidine rings is 1. The Balaban J connectivity index is 2.20. The van der Waals surface area contributed by atoms with E-state index >= 15 is 0 Å². The van der Waals surface area contributed by atoms with Crippen molar-refractivity contribution in [2.24, 2.45) is 0 Å². The van der Waals surface area contributed by atoms with Crippen molar-refractivity contribution in [3.63, 3.8) is 0 Å². The Morgan fingerprint density at radius 3 is 2.71 bits per heavy atom. The lowest BCUT2D eigenvalue weighted by atomic mass is 9.90. The second-order valence-corrected chi connectivity index (χ2v) is 3.94. The molecule has 2 rings (SSSR count). The number of nitrogens with zero attached hydrogens (tertiary/aromatic N) is 1. The van der Waals surface area contributed by atoms with Crippen LogP contribution in [0, 0.1) is 0 Å². The van der Waals surface area contributed by atoms with Gasteiger partial charge in [0, 0.05) is 19.5 Å². The zero-order valence-electron chi connectivity index (χ0n) is 8.44. The molecule has 1 aromatic carbocycles. The molecule has 1 heterocycles. The molecule has 2 nitrogen and oxygen atoms in total. The van der Waals surface area contributed by atoms with Gasteiger partial charge in [0.2, 0.25) is 0 Å². The van der Waals surface area contributed by atoms with Gasteiger partial charge < -0.3 is 4.90 Å². The van der Waals surface area contributed by atoms with E-state index in [-0.39, 0.29) is 5.92 Å². The van der Waals surface area contributed by atoms with Crippen molar-refractivity contribution in [2.45, 2.75) is 12.3 Å². The maximum Gasteiger partial charge on any atom is 0.142 e. The molecular formula is C12H15NO. The molecule has 0 aromatic heterocycles. The van der Waals surface area contributed by atoms with Gasteiger partial charge in [-0.25, -0.2) is 0 Å². The Morgan fingerprint density at radius 1 is 1.29 bits per heavy atom. The van der Waals surface area contributed by atoms with Gasteiger partial charge in [-0.05, 0) is 12.6 Å². The molecule has 0 radical (unpaired) electrons. The highest BCUT2D eigenvalue weighted by atomic mass is 16.1. The highest BCUT2D eigenvalue weighted by molar-refractivity contribution is 5.86. The summed E-state index contributed by atoms with van der Waals surface area (Å²) < 4.78 is 0. The third-order valence-electron chi connectivity index (χ3n) is 2.82. The maximum atomic E-state index is 11.7. The minimum Gasteiger partial charge on any atom is -0.305 e. The predicted octanol–water partition coefficient (Wildman–Crippen LogP) is 1.67. The zero-order chi connectivity index (χ0) is 9.97. The number of hydrogen-bond acceptors (Lipinski definition) is 2. The minimum atomic E-state index is 0.0925. The molecule has 1 unspecified atom stereocenters. The van der Waals surface area contributed by atoms with Crippen molar-refractivity contribution < 1.29 is 4.79 Å². The summed E-state index contributed by atoms with van der Waals surface area (Å²) in [5.74, 6) is 0.476. The smallest absolute Gasteiger partial charge is 0.142 e. The summed E-state index contributed by atoms with van der Waals surface area (Å²) in [5.41, 5.74) is 1.16. The van der Waals surface area contributed by atoms with E-state index in [0.717, 1.165) is 18.7 Å². The molecule has 1 atom stereocenters. The van der Waals surface area contributed by atoms with E-state index in [0.29, 0.717) is 12.2 Å². The fraction of sp³-hybridized carbons (Fsp3) is 0.417. The van der Waals surface area contributed by atoms with Gasteiger partial charge in [0.25, 0.3) is 0 Å². The summed E-state index contributed by atoms with van der Waals surface area (Å²) in [7, 11) is 2.07. The molecule has 1 aromatic rings. The molecule has 74 valence electrons. The third-order valence-corrected chi connectivity index (χ3v) is 2.82. The second kappa shape index (κ2) is 3.93. The summed E-state index contributed by atoms with van der Waals surface area (Å²) in [5, 5.41) is 0.